The number of aliphatic imine (C=N–C) groups is 2. The Kier molecular flexibility index (Phi) is 21.6. The van der Waals surface area contributed by atoms with Crippen LogP contribution in [0.4, 0.5) is 11.4 Å². The number of rotatable bonds is 4. The molecule has 0 radical (unpaired) electrons. The van der Waals surface area contributed by atoms with Crippen molar-refractivity contribution in [3.8, 4) is 11.5 Å². The van der Waals surface area contributed by atoms with Crippen molar-refractivity contribution in [2.24, 2.45) is 9.98 Å². The molecule has 4 aromatic rings. The van der Waals surface area contributed by atoms with E-state index in [2.05, 4.69) is 51.5 Å². The van der Waals surface area contributed by atoms with Gasteiger partial charge in [-0.15, -0.1) is 0 Å². The zero-order valence-corrected chi connectivity index (χ0v) is 29.8. The van der Waals surface area contributed by atoms with Crippen LogP contribution in [0.5, 0.6) is 11.5 Å². The fourth-order valence-corrected chi connectivity index (χ4v) is 3.86. The molecule has 0 fully saturated rings. The topological polar surface area (TPSA) is 65.2 Å². The molecule has 0 aromatic heterocycles. The molecule has 0 bridgehead atoms. The van der Waals surface area contributed by atoms with E-state index in [0.717, 1.165) is 33.6 Å². The first kappa shape index (κ1) is 45.1. The van der Waals surface area contributed by atoms with Crippen molar-refractivity contribution in [2.45, 2.75) is 52.4 Å². The van der Waals surface area contributed by atoms with Crippen molar-refractivity contribution in [3.05, 3.63) is 119 Å². The van der Waals surface area contributed by atoms with Gasteiger partial charge in [0.15, 0.2) is 0 Å². The van der Waals surface area contributed by atoms with Crippen molar-refractivity contribution >= 4 is 23.8 Å². The molecule has 4 rings (SSSR count). The van der Waals surface area contributed by atoms with E-state index in [0.29, 0.717) is 11.5 Å². The van der Waals surface area contributed by atoms with Gasteiger partial charge in [0.1, 0.15) is 11.5 Å². The van der Waals surface area contributed by atoms with Crippen molar-refractivity contribution in [2.75, 3.05) is 0 Å². The van der Waals surface area contributed by atoms with E-state index in [1.54, 1.807) is 12.4 Å². The Bertz CT molecular complexity index is 1290. The first-order valence-corrected chi connectivity index (χ1v) is 12.8. The van der Waals surface area contributed by atoms with Gasteiger partial charge in [-0.05, 0) is 58.4 Å². The maximum Gasteiger partial charge on any atom is 4.00 e. The monoisotopic (exact) mass is 694 g/mol. The average Bonchev–Trinajstić information content (AvgIpc) is 2.88. The zero-order chi connectivity index (χ0) is 27.8. The van der Waals surface area contributed by atoms with Gasteiger partial charge in [-0.2, -0.15) is 0 Å². The van der Waals surface area contributed by atoms with E-state index < -0.39 is 0 Å². The Morgan fingerprint density at radius 2 is 0.767 bits per heavy atom. The molecule has 0 amide bonds. The maximum absolute atomic E-state index is 10.3. The summed E-state index contributed by atoms with van der Waals surface area (Å²) in [6.45, 7) is 12.5. The molecule has 0 heterocycles. The quantitative estimate of drug-likeness (QED) is 0.176. The molecule has 0 spiro atoms. The zero-order valence-electron chi connectivity index (χ0n) is 25.2. The van der Waals surface area contributed by atoms with Crippen molar-refractivity contribution in [3.63, 3.8) is 0 Å². The number of hydrogen-bond acceptors (Lipinski definition) is 4. The Morgan fingerprint density at radius 1 is 0.465 bits per heavy atom. The molecule has 4 nitrogen and oxygen atoms in total. The summed E-state index contributed by atoms with van der Waals surface area (Å²) in [6.07, 6.45) is 3.42. The molecule has 0 saturated heterocycles. The van der Waals surface area contributed by atoms with Gasteiger partial charge >= 0.3 is 21.7 Å². The number of halogens is 4. The smallest absolute Gasteiger partial charge is 1.00 e. The van der Waals surface area contributed by atoms with E-state index in [4.69, 9.17) is 0 Å². The minimum atomic E-state index is -0.0827. The van der Waals surface area contributed by atoms with Crippen LogP contribution in [0.25, 0.3) is 0 Å². The molecular formula is C34H38Cl4N2O2Ti. The van der Waals surface area contributed by atoms with Crippen LogP contribution in [-0.4, -0.2) is 22.6 Å². The summed E-state index contributed by atoms with van der Waals surface area (Å²) in [5, 5.41) is 20.6. The Labute approximate surface area is 296 Å². The standard InChI is InChI=1S/2C17H19NO.4ClH.Ti/c2*1-17(2,3)15-11-7-8-13(16(15)19)12-18-14-9-5-4-6-10-14;;;;;/h2*4-12,19H,1-3H3;4*1H;/q;;;;;;+4/p-4. The third kappa shape index (κ3) is 13.9. The molecule has 0 saturated carbocycles. The van der Waals surface area contributed by atoms with E-state index in [9.17, 15) is 10.2 Å². The van der Waals surface area contributed by atoms with Gasteiger partial charge in [-0.3, -0.25) is 9.98 Å². The predicted octanol–water partition coefficient (Wildman–Crippen LogP) is -3.11. The van der Waals surface area contributed by atoms with Crippen LogP contribution in [0.3, 0.4) is 0 Å². The molecule has 0 aliphatic rings. The molecule has 228 valence electrons. The first-order valence-electron chi connectivity index (χ1n) is 12.8. The van der Waals surface area contributed by atoms with Gasteiger partial charge in [-0.25, -0.2) is 0 Å². The largest absolute Gasteiger partial charge is 4.00 e. The summed E-state index contributed by atoms with van der Waals surface area (Å²) in [5.41, 5.74) is 4.95. The third-order valence-electron chi connectivity index (χ3n) is 5.97. The van der Waals surface area contributed by atoms with Crippen molar-refractivity contribution in [1.82, 2.24) is 0 Å². The third-order valence-corrected chi connectivity index (χ3v) is 5.97. The number of benzene rings is 4. The van der Waals surface area contributed by atoms with Crippen LogP contribution in [0.15, 0.2) is 107 Å². The number of aromatic hydroxyl groups is 2. The Balaban J connectivity index is -0.000000667. The number of phenolic OH excluding ortho intramolecular Hbond substituents is 2. The van der Waals surface area contributed by atoms with Gasteiger partial charge in [0.25, 0.3) is 0 Å². The molecular weight excluding hydrogens is 658 g/mol. The molecule has 0 aliphatic carbocycles. The van der Waals surface area contributed by atoms with E-state index in [-0.39, 0.29) is 82.2 Å². The molecule has 4 aromatic carbocycles. The normalized spacial score (nSPS) is 10.6. The summed E-state index contributed by atoms with van der Waals surface area (Å²) in [4.78, 5) is 8.75. The molecule has 0 unspecified atom stereocenters. The van der Waals surface area contributed by atoms with Gasteiger partial charge < -0.3 is 59.8 Å². The number of phenols is 2. The van der Waals surface area contributed by atoms with Gasteiger partial charge in [-0.1, -0.05) is 102 Å². The fraction of sp³-hybridized carbons (Fsp3) is 0.235. The maximum atomic E-state index is 10.3. The second kappa shape index (κ2) is 20.6. The summed E-state index contributed by atoms with van der Waals surface area (Å²) in [5.74, 6) is 0.629. The number of nitrogens with zero attached hydrogens (tertiary/aromatic N) is 2. The predicted molar refractivity (Wildman–Crippen MR) is 161 cm³/mol. The van der Waals surface area contributed by atoms with E-state index >= 15 is 0 Å². The second-order valence-electron chi connectivity index (χ2n) is 11.2. The van der Waals surface area contributed by atoms with Crippen LogP contribution in [0.2, 0.25) is 0 Å². The fourth-order valence-electron chi connectivity index (χ4n) is 3.86. The average molecular weight is 696 g/mol. The molecule has 43 heavy (non-hydrogen) atoms. The molecule has 0 aliphatic heterocycles. The molecule has 2 N–H and O–H groups in total. The first-order chi connectivity index (χ1) is 18.0. The minimum Gasteiger partial charge on any atom is -1.00 e. The van der Waals surface area contributed by atoms with Gasteiger partial charge in [0.2, 0.25) is 0 Å². The Hall–Kier alpha value is -2.31. The van der Waals surface area contributed by atoms with E-state index in [1.165, 1.54) is 0 Å². The number of hydrogen-bond donors (Lipinski definition) is 2. The molecule has 0 atom stereocenters. The summed E-state index contributed by atoms with van der Waals surface area (Å²) < 4.78 is 0. The van der Waals surface area contributed by atoms with Crippen LogP contribution < -0.4 is 49.6 Å². The number of para-hydroxylation sites is 4. The summed E-state index contributed by atoms with van der Waals surface area (Å²) >= 11 is 0. The second-order valence-corrected chi connectivity index (χ2v) is 11.2. The SMILES string of the molecule is CC(C)(C)c1cccc(C=Nc2ccccc2)c1O.CC(C)(C)c1cccc(C=Nc2ccccc2)c1O.[Cl-].[Cl-].[Cl-].[Cl-].[Ti+4]. The van der Waals surface area contributed by atoms with Crippen LogP contribution in [-0.2, 0) is 32.5 Å². The van der Waals surface area contributed by atoms with Gasteiger partial charge in [0, 0.05) is 23.6 Å². The van der Waals surface area contributed by atoms with Crippen molar-refractivity contribution < 1.29 is 81.6 Å². The van der Waals surface area contributed by atoms with Crippen LogP contribution >= 0.6 is 0 Å². The van der Waals surface area contributed by atoms with Crippen LogP contribution in [0, 0.1) is 0 Å². The Morgan fingerprint density at radius 3 is 1.05 bits per heavy atom. The minimum absolute atomic E-state index is 0. The van der Waals surface area contributed by atoms with Crippen LogP contribution in [0.1, 0.15) is 63.8 Å². The molecule has 9 heteroatoms. The van der Waals surface area contributed by atoms with E-state index in [1.807, 2.05) is 97.1 Å². The summed E-state index contributed by atoms with van der Waals surface area (Å²) in [7, 11) is 0. The summed E-state index contributed by atoms with van der Waals surface area (Å²) in [6, 6.07) is 31.0. The van der Waals surface area contributed by atoms with Crippen molar-refractivity contribution in [1.29, 1.82) is 0 Å². The van der Waals surface area contributed by atoms with Gasteiger partial charge in [0.05, 0.1) is 11.4 Å².